The van der Waals surface area contributed by atoms with Crippen molar-refractivity contribution in [3.8, 4) is 11.5 Å². The highest BCUT2D eigenvalue weighted by Crippen LogP contribution is 2.33. The minimum Gasteiger partial charge on any atom is -0.486 e. The van der Waals surface area contributed by atoms with Gasteiger partial charge in [0.25, 0.3) is 5.56 Å². The Balaban J connectivity index is 1.44. The number of carbonyl (C=O) groups is 1. The number of likely N-dealkylation sites (N-methyl/N-ethyl adjacent to an activating group) is 1. The summed E-state index contributed by atoms with van der Waals surface area (Å²) in [6.45, 7) is 5.76. The zero-order chi connectivity index (χ0) is 24.4. The number of fused-ring (bicyclic) bond motifs is 2. The summed E-state index contributed by atoms with van der Waals surface area (Å²) in [5.41, 5.74) is 1.57. The van der Waals surface area contributed by atoms with Crippen LogP contribution in [0.2, 0.25) is 5.02 Å². The molecule has 5 rings (SSSR count). The van der Waals surface area contributed by atoms with E-state index >= 15 is 0 Å². The number of nitrogens with one attached hydrogen (secondary N) is 2. The number of aromatic nitrogens is 1. The van der Waals surface area contributed by atoms with Gasteiger partial charge in [-0.3, -0.25) is 9.69 Å². The van der Waals surface area contributed by atoms with E-state index in [1.807, 2.05) is 12.1 Å². The molecule has 3 aromatic rings. The lowest BCUT2D eigenvalue weighted by molar-refractivity contribution is 0.172. The molecule has 1 aromatic heterocycles. The lowest BCUT2D eigenvalue weighted by Crippen LogP contribution is -2.45. The molecule has 184 valence electrons. The largest absolute Gasteiger partial charge is 0.486 e. The summed E-state index contributed by atoms with van der Waals surface area (Å²) in [6, 6.07) is 12.5. The Labute approximate surface area is 208 Å². The van der Waals surface area contributed by atoms with Gasteiger partial charge in [-0.05, 0) is 56.3 Å². The van der Waals surface area contributed by atoms with Gasteiger partial charge in [0, 0.05) is 40.3 Å². The van der Waals surface area contributed by atoms with Gasteiger partial charge in [0.1, 0.15) is 13.2 Å². The van der Waals surface area contributed by atoms with Gasteiger partial charge in [-0.25, -0.2) is 4.79 Å². The van der Waals surface area contributed by atoms with Crippen LogP contribution in [0.15, 0.2) is 47.3 Å². The molecule has 0 bridgehead atoms. The number of anilines is 1. The maximum absolute atomic E-state index is 13.4. The van der Waals surface area contributed by atoms with Gasteiger partial charge >= 0.3 is 6.03 Å². The Morgan fingerprint density at radius 2 is 2.00 bits per heavy atom. The zero-order valence-electron chi connectivity index (χ0n) is 19.7. The van der Waals surface area contributed by atoms with E-state index in [4.69, 9.17) is 21.1 Å². The summed E-state index contributed by atoms with van der Waals surface area (Å²) in [5.74, 6) is 1.28. The van der Waals surface area contributed by atoms with Gasteiger partial charge in [0.2, 0.25) is 0 Å². The molecule has 3 heterocycles. The number of benzene rings is 2. The summed E-state index contributed by atoms with van der Waals surface area (Å²) in [6.07, 6.45) is 2.12. The average molecular weight is 497 g/mol. The van der Waals surface area contributed by atoms with Crippen LogP contribution in [0.4, 0.5) is 10.5 Å². The smallest absolute Gasteiger partial charge is 0.322 e. The van der Waals surface area contributed by atoms with Crippen LogP contribution >= 0.6 is 11.6 Å². The molecule has 0 spiro atoms. The SMILES string of the molecule is CCN1CCCC1CN(Cc1cc2cc3c(cc2[nH]c1=O)OCCO3)C(=O)Nc1cccc(Cl)c1. The summed E-state index contributed by atoms with van der Waals surface area (Å²) in [5, 5.41) is 4.32. The van der Waals surface area contributed by atoms with Crippen molar-refractivity contribution in [2.45, 2.75) is 32.4 Å². The quantitative estimate of drug-likeness (QED) is 0.525. The highest BCUT2D eigenvalue weighted by Gasteiger charge is 2.28. The molecule has 1 atom stereocenters. The number of pyridine rings is 1. The second-order valence-corrected chi connectivity index (χ2v) is 9.39. The third-order valence-electron chi connectivity index (χ3n) is 6.64. The number of rotatable bonds is 6. The maximum Gasteiger partial charge on any atom is 0.322 e. The Kier molecular flexibility index (Phi) is 6.83. The van der Waals surface area contributed by atoms with Gasteiger partial charge in [-0.2, -0.15) is 0 Å². The Morgan fingerprint density at radius 3 is 2.77 bits per heavy atom. The van der Waals surface area contributed by atoms with Crippen LogP contribution in [0.3, 0.4) is 0 Å². The van der Waals surface area contributed by atoms with E-state index < -0.39 is 0 Å². The number of hydrogen-bond donors (Lipinski definition) is 2. The van der Waals surface area contributed by atoms with E-state index in [0.717, 1.165) is 31.3 Å². The molecule has 2 aliphatic heterocycles. The molecule has 35 heavy (non-hydrogen) atoms. The number of hydrogen-bond acceptors (Lipinski definition) is 5. The van der Waals surface area contributed by atoms with E-state index in [1.165, 1.54) is 0 Å². The summed E-state index contributed by atoms with van der Waals surface area (Å²) in [4.78, 5) is 33.4. The van der Waals surface area contributed by atoms with Crippen molar-refractivity contribution in [3.63, 3.8) is 0 Å². The number of aromatic amines is 1. The number of ether oxygens (including phenoxy) is 2. The highest BCUT2D eigenvalue weighted by molar-refractivity contribution is 6.30. The van der Waals surface area contributed by atoms with Gasteiger partial charge in [0.15, 0.2) is 11.5 Å². The molecule has 1 saturated heterocycles. The fourth-order valence-corrected chi connectivity index (χ4v) is 5.06. The molecule has 2 amide bonds. The van der Waals surface area contributed by atoms with Crippen LogP contribution in [0, 0.1) is 0 Å². The molecule has 0 aliphatic carbocycles. The Hall–Kier alpha value is -3.23. The van der Waals surface area contributed by atoms with Crippen molar-refractivity contribution in [1.82, 2.24) is 14.8 Å². The van der Waals surface area contributed by atoms with E-state index in [0.29, 0.717) is 53.0 Å². The first-order valence-electron chi connectivity index (χ1n) is 12.0. The number of likely N-dealkylation sites (tertiary alicyclic amines) is 1. The van der Waals surface area contributed by atoms with Gasteiger partial charge in [-0.1, -0.05) is 24.6 Å². The third kappa shape index (κ3) is 5.23. The van der Waals surface area contributed by atoms with Crippen LogP contribution in [0.25, 0.3) is 10.9 Å². The maximum atomic E-state index is 13.4. The van der Waals surface area contributed by atoms with Gasteiger partial charge < -0.3 is 24.7 Å². The molecule has 2 aromatic carbocycles. The molecule has 1 unspecified atom stereocenters. The molecule has 9 heteroatoms. The highest BCUT2D eigenvalue weighted by atomic mass is 35.5. The molecule has 2 N–H and O–H groups in total. The van der Waals surface area contributed by atoms with E-state index in [-0.39, 0.29) is 24.2 Å². The molecular weight excluding hydrogens is 468 g/mol. The molecule has 1 fully saturated rings. The molecule has 0 saturated carbocycles. The summed E-state index contributed by atoms with van der Waals surface area (Å²) >= 11 is 6.10. The van der Waals surface area contributed by atoms with Crippen molar-refractivity contribution in [1.29, 1.82) is 0 Å². The van der Waals surface area contributed by atoms with Crippen molar-refractivity contribution >= 4 is 34.2 Å². The lowest BCUT2D eigenvalue weighted by atomic mass is 10.1. The molecular formula is C26H29ClN4O4. The van der Waals surface area contributed by atoms with Crippen LogP contribution in [-0.2, 0) is 6.54 Å². The van der Waals surface area contributed by atoms with Crippen LogP contribution in [0.1, 0.15) is 25.3 Å². The van der Waals surface area contributed by atoms with Crippen molar-refractivity contribution in [2.75, 3.05) is 38.2 Å². The topological polar surface area (TPSA) is 86.9 Å². The van der Waals surface area contributed by atoms with Crippen molar-refractivity contribution in [2.24, 2.45) is 0 Å². The first kappa shape index (κ1) is 23.5. The number of amides is 2. The van der Waals surface area contributed by atoms with Crippen molar-refractivity contribution in [3.05, 3.63) is 63.4 Å². The average Bonchev–Trinajstić information content (AvgIpc) is 3.30. The number of urea groups is 1. The number of H-pyrrole nitrogens is 1. The van der Waals surface area contributed by atoms with Crippen LogP contribution in [-0.4, -0.2) is 59.7 Å². The van der Waals surface area contributed by atoms with E-state index in [1.54, 1.807) is 35.2 Å². The predicted molar refractivity (Wildman–Crippen MR) is 137 cm³/mol. The lowest BCUT2D eigenvalue weighted by Gasteiger charge is -2.30. The normalized spacial score (nSPS) is 17.5. The molecule has 8 nitrogen and oxygen atoms in total. The minimum absolute atomic E-state index is 0.181. The van der Waals surface area contributed by atoms with Gasteiger partial charge in [-0.15, -0.1) is 0 Å². The summed E-state index contributed by atoms with van der Waals surface area (Å²) < 4.78 is 11.3. The molecule has 0 radical (unpaired) electrons. The fourth-order valence-electron chi connectivity index (χ4n) is 4.87. The van der Waals surface area contributed by atoms with Crippen LogP contribution in [0.5, 0.6) is 11.5 Å². The second kappa shape index (κ2) is 10.2. The monoisotopic (exact) mass is 496 g/mol. The third-order valence-corrected chi connectivity index (χ3v) is 6.88. The standard InChI is InChI=1S/C26H29ClN4O4/c1-2-30-8-4-7-21(30)16-31(26(33)28-20-6-3-5-19(27)13-20)15-18-11-17-12-23-24(35-10-9-34-23)14-22(17)29-25(18)32/h3,5-6,11-14,21H,2,4,7-10,15-16H2,1H3,(H,28,33)(H,29,32). The Bertz CT molecular complexity index is 1290. The fraction of sp³-hybridized carbons (Fsp3) is 0.385. The van der Waals surface area contributed by atoms with Crippen LogP contribution < -0.4 is 20.3 Å². The molecule has 2 aliphatic rings. The predicted octanol–water partition coefficient (Wildman–Crippen LogP) is 4.47. The summed E-state index contributed by atoms with van der Waals surface area (Å²) in [7, 11) is 0. The first-order chi connectivity index (χ1) is 17.0. The second-order valence-electron chi connectivity index (χ2n) is 8.95. The van der Waals surface area contributed by atoms with E-state index in [9.17, 15) is 9.59 Å². The first-order valence-corrected chi connectivity index (χ1v) is 12.4. The van der Waals surface area contributed by atoms with Gasteiger partial charge in [0.05, 0.1) is 12.1 Å². The number of nitrogens with zero attached hydrogens (tertiary/aromatic N) is 2. The zero-order valence-corrected chi connectivity index (χ0v) is 20.4. The Morgan fingerprint density at radius 1 is 1.20 bits per heavy atom. The minimum atomic E-state index is -0.267. The number of carbonyl (C=O) groups excluding carboxylic acids is 1. The van der Waals surface area contributed by atoms with Crippen molar-refractivity contribution < 1.29 is 14.3 Å². The van der Waals surface area contributed by atoms with E-state index in [2.05, 4.69) is 22.1 Å². The number of halogens is 1.